The number of hydrogen-bond donors (Lipinski definition) is 1. The second kappa shape index (κ2) is 8.91. The fourth-order valence-electron chi connectivity index (χ4n) is 6.33. The third kappa shape index (κ3) is 4.16. The van der Waals surface area contributed by atoms with Crippen LogP contribution in [0.3, 0.4) is 0 Å². The van der Waals surface area contributed by atoms with Crippen molar-refractivity contribution in [2.45, 2.75) is 76.5 Å². The molecule has 4 aromatic heterocycles. The average Bonchev–Trinajstić information content (AvgIpc) is 3.44. The third-order valence-corrected chi connectivity index (χ3v) is 10.3. The monoisotopic (exact) mass is 520 g/mol. The third-order valence-electron chi connectivity index (χ3n) is 8.79. The van der Waals surface area contributed by atoms with Gasteiger partial charge in [-0.2, -0.15) is 5.10 Å². The zero-order valence-corrected chi connectivity index (χ0v) is 23.1. The van der Waals surface area contributed by atoms with E-state index in [2.05, 4.69) is 66.0 Å². The van der Waals surface area contributed by atoms with Crippen molar-refractivity contribution in [3.63, 3.8) is 0 Å². The van der Waals surface area contributed by atoms with Crippen LogP contribution in [0.2, 0.25) is 0 Å². The maximum Gasteiger partial charge on any atom is 0.158 e. The van der Waals surface area contributed by atoms with Crippen LogP contribution in [-0.4, -0.2) is 68.5 Å². The summed E-state index contributed by atoms with van der Waals surface area (Å²) in [7, 11) is -2.92. The first-order chi connectivity index (χ1) is 17.6. The van der Waals surface area contributed by atoms with E-state index in [0.29, 0.717) is 31.0 Å². The SMILES string of the molecule is Cc1c(-c2[nH]c3ccc(C4CCC(N5CC(S(C)(=O)=O)C5)CC4)nc3c2C(C)C)cn2ncnc2c1C. The molecule has 5 heterocycles. The summed E-state index contributed by atoms with van der Waals surface area (Å²) in [5.74, 6) is 0.754. The number of aromatic amines is 1. The van der Waals surface area contributed by atoms with Crippen LogP contribution in [0.1, 0.15) is 73.8 Å². The quantitative estimate of drug-likeness (QED) is 0.407. The van der Waals surface area contributed by atoms with E-state index in [9.17, 15) is 8.42 Å². The number of nitrogens with one attached hydrogen (secondary N) is 1. The Labute approximate surface area is 218 Å². The van der Waals surface area contributed by atoms with Gasteiger partial charge in [-0.25, -0.2) is 17.9 Å². The van der Waals surface area contributed by atoms with Gasteiger partial charge in [-0.05, 0) is 68.7 Å². The molecule has 1 N–H and O–H groups in total. The Hall–Kier alpha value is -2.78. The lowest BCUT2D eigenvalue weighted by Crippen LogP contribution is -2.58. The number of fused-ring (bicyclic) bond motifs is 2. The Kier molecular flexibility index (Phi) is 5.91. The van der Waals surface area contributed by atoms with Crippen LogP contribution >= 0.6 is 0 Å². The van der Waals surface area contributed by atoms with Gasteiger partial charge >= 0.3 is 0 Å². The molecule has 0 radical (unpaired) electrons. The van der Waals surface area contributed by atoms with Crippen LogP contribution in [0.4, 0.5) is 0 Å². The zero-order valence-electron chi connectivity index (χ0n) is 22.3. The second-order valence-electron chi connectivity index (χ2n) is 11.4. The second-order valence-corrected chi connectivity index (χ2v) is 13.8. The Balaban J connectivity index is 1.28. The number of nitrogens with zero attached hydrogens (tertiary/aromatic N) is 5. The van der Waals surface area contributed by atoms with Gasteiger partial charge in [-0.1, -0.05) is 13.8 Å². The van der Waals surface area contributed by atoms with Gasteiger partial charge < -0.3 is 4.98 Å². The smallest absolute Gasteiger partial charge is 0.158 e. The Morgan fingerprint density at radius 2 is 1.78 bits per heavy atom. The number of pyridine rings is 2. The van der Waals surface area contributed by atoms with Gasteiger partial charge in [-0.15, -0.1) is 0 Å². The van der Waals surface area contributed by atoms with Crippen LogP contribution in [0, 0.1) is 13.8 Å². The van der Waals surface area contributed by atoms with Crippen LogP contribution in [0.5, 0.6) is 0 Å². The Morgan fingerprint density at radius 1 is 1.05 bits per heavy atom. The normalized spacial score (nSPS) is 21.8. The highest BCUT2D eigenvalue weighted by molar-refractivity contribution is 7.91. The summed E-state index contributed by atoms with van der Waals surface area (Å²) in [6, 6.07) is 4.89. The lowest BCUT2D eigenvalue weighted by molar-refractivity contribution is 0.0899. The van der Waals surface area contributed by atoms with Crippen LogP contribution in [0.25, 0.3) is 27.9 Å². The van der Waals surface area contributed by atoms with Crippen molar-refractivity contribution >= 4 is 26.5 Å². The van der Waals surface area contributed by atoms with Crippen LogP contribution in [-0.2, 0) is 9.84 Å². The first kappa shape index (κ1) is 24.6. The molecule has 2 aliphatic rings. The number of hydrogen-bond acceptors (Lipinski definition) is 6. The molecule has 1 aliphatic heterocycles. The molecule has 0 amide bonds. The van der Waals surface area contributed by atoms with Crippen molar-refractivity contribution in [3.8, 4) is 11.3 Å². The minimum Gasteiger partial charge on any atom is -0.353 e. The number of H-pyrrole nitrogens is 1. The molecule has 0 spiro atoms. The fourth-order valence-corrected chi connectivity index (χ4v) is 7.26. The van der Waals surface area contributed by atoms with Crippen molar-refractivity contribution in [1.29, 1.82) is 0 Å². The highest BCUT2D eigenvalue weighted by atomic mass is 32.2. The predicted molar refractivity (Wildman–Crippen MR) is 147 cm³/mol. The maximum atomic E-state index is 11.8. The van der Waals surface area contributed by atoms with Crippen molar-refractivity contribution in [2.24, 2.45) is 0 Å². The minimum atomic E-state index is -2.92. The summed E-state index contributed by atoms with van der Waals surface area (Å²) in [5.41, 5.74) is 10.1. The topological polar surface area (TPSA) is 96.2 Å². The molecule has 1 saturated carbocycles. The predicted octanol–water partition coefficient (Wildman–Crippen LogP) is 4.77. The molecule has 37 heavy (non-hydrogen) atoms. The summed E-state index contributed by atoms with van der Waals surface area (Å²) < 4.78 is 25.4. The molecule has 0 unspecified atom stereocenters. The number of aryl methyl sites for hydroxylation is 1. The lowest BCUT2D eigenvalue weighted by Gasteiger charge is -2.45. The fraction of sp³-hybridized carbons (Fsp3) is 0.536. The Morgan fingerprint density at radius 3 is 2.46 bits per heavy atom. The molecule has 1 saturated heterocycles. The van der Waals surface area contributed by atoms with Gasteiger partial charge in [0.15, 0.2) is 15.5 Å². The van der Waals surface area contributed by atoms with Gasteiger partial charge in [0.1, 0.15) is 6.33 Å². The molecule has 0 aromatic carbocycles. The van der Waals surface area contributed by atoms with Crippen molar-refractivity contribution < 1.29 is 8.42 Å². The highest BCUT2D eigenvalue weighted by Gasteiger charge is 2.39. The van der Waals surface area contributed by atoms with Crippen molar-refractivity contribution in [1.82, 2.24) is 29.5 Å². The van der Waals surface area contributed by atoms with E-state index in [-0.39, 0.29) is 5.25 Å². The summed E-state index contributed by atoms with van der Waals surface area (Å²) in [6.07, 6.45) is 9.44. The van der Waals surface area contributed by atoms with E-state index < -0.39 is 9.84 Å². The van der Waals surface area contributed by atoms with Crippen molar-refractivity contribution in [2.75, 3.05) is 19.3 Å². The molecule has 6 rings (SSSR count). The number of aromatic nitrogens is 5. The van der Waals surface area contributed by atoms with Gasteiger partial charge in [0.05, 0.1) is 22.0 Å². The van der Waals surface area contributed by atoms with E-state index in [0.717, 1.165) is 59.2 Å². The summed E-state index contributed by atoms with van der Waals surface area (Å²) >= 11 is 0. The van der Waals surface area contributed by atoms with E-state index in [1.165, 1.54) is 23.1 Å². The average molecular weight is 521 g/mol. The minimum absolute atomic E-state index is 0.177. The van der Waals surface area contributed by atoms with E-state index in [1.54, 1.807) is 6.33 Å². The van der Waals surface area contributed by atoms with Gasteiger partial charge in [-0.3, -0.25) is 9.88 Å². The van der Waals surface area contributed by atoms with Crippen molar-refractivity contribution in [3.05, 3.63) is 47.0 Å². The molecule has 196 valence electrons. The molecule has 1 aliphatic carbocycles. The highest BCUT2D eigenvalue weighted by Crippen LogP contribution is 2.40. The molecule has 8 nitrogen and oxygen atoms in total. The zero-order chi connectivity index (χ0) is 26.1. The summed E-state index contributed by atoms with van der Waals surface area (Å²) in [4.78, 5) is 15.7. The summed E-state index contributed by atoms with van der Waals surface area (Å²) in [6.45, 7) is 10.1. The lowest BCUT2D eigenvalue weighted by atomic mass is 9.82. The summed E-state index contributed by atoms with van der Waals surface area (Å²) in [5, 5.41) is 4.22. The molecule has 0 atom stereocenters. The van der Waals surface area contributed by atoms with Gasteiger partial charge in [0.25, 0.3) is 0 Å². The maximum absolute atomic E-state index is 11.8. The number of sulfone groups is 1. The van der Waals surface area contributed by atoms with E-state index >= 15 is 0 Å². The standard InChI is InChI=1S/C28H36N6O2S/c1-16(2)25-26(22-14-34-28(29-15-30-34)18(4)17(22)3)32-24-11-10-23(31-27(24)25)19-6-8-20(9-7-19)33-12-21(13-33)37(5,35)36/h10-11,14-16,19-21,32H,6-9,12-13H2,1-5H3. The molecule has 0 bridgehead atoms. The molecule has 9 heteroatoms. The number of rotatable bonds is 5. The first-order valence-corrected chi connectivity index (χ1v) is 15.3. The molecule has 2 fully saturated rings. The molecular formula is C28H36N6O2S. The van der Waals surface area contributed by atoms with E-state index in [1.807, 2.05) is 4.52 Å². The van der Waals surface area contributed by atoms with E-state index in [4.69, 9.17) is 4.98 Å². The number of likely N-dealkylation sites (tertiary alicyclic amines) is 1. The largest absolute Gasteiger partial charge is 0.353 e. The Bertz CT molecular complexity index is 1590. The molecule has 4 aromatic rings. The van der Waals surface area contributed by atoms with Gasteiger partial charge in [0, 0.05) is 54.3 Å². The van der Waals surface area contributed by atoms with Crippen LogP contribution in [0.15, 0.2) is 24.7 Å². The first-order valence-electron chi connectivity index (χ1n) is 13.4. The molecular weight excluding hydrogens is 484 g/mol. The van der Waals surface area contributed by atoms with Crippen LogP contribution < -0.4 is 0 Å². The van der Waals surface area contributed by atoms with Gasteiger partial charge in [0.2, 0.25) is 0 Å².